The van der Waals surface area contributed by atoms with Crippen molar-refractivity contribution in [3.63, 3.8) is 0 Å². The number of aryl methyl sites for hydroxylation is 2. The quantitative estimate of drug-likeness (QED) is 0.430. The van der Waals surface area contributed by atoms with Crippen molar-refractivity contribution >= 4 is 22.9 Å². The van der Waals surface area contributed by atoms with E-state index in [2.05, 4.69) is 36.5 Å². The largest absolute Gasteiger partial charge is 0.326 e. The van der Waals surface area contributed by atoms with Crippen molar-refractivity contribution in [2.75, 3.05) is 5.32 Å². The van der Waals surface area contributed by atoms with Crippen molar-refractivity contribution in [2.24, 2.45) is 0 Å². The molecule has 0 saturated heterocycles. The average molecular weight is 399 g/mol. The van der Waals surface area contributed by atoms with Crippen molar-refractivity contribution in [1.29, 1.82) is 0 Å². The van der Waals surface area contributed by atoms with Gasteiger partial charge in [0, 0.05) is 11.3 Å². The molecule has 1 amide bonds. The Labute approximate surface area is 175 Å². The average Bonchev–Trinajstić information content (AvgIpc) is 3.13. The second kappa shape index (κ2) is 8.41. The van der Waals surface area contributed by atoms with Crippen LogP contribution in [0.25, 0.3) is 21.0 Å². The van der Waals surface area contributed by atoms with Gasteiger partial charge in [0.1, 0.15) is 5.01 Å². The molecule has 4 aromatic rings. The molecule has 0 aliphatic rings. The number of hydrogen-bond donors (Lipinski definition) is 1. The first-order valence-corrected chi connectivity index (χ1v) is 10.4. The lowest BCUT2D eigenvalue weighted by atomic mass is 10.1. The highest BCUT2D eigenvalue weighted by atomic mass is 32.1. The topological polar surface area (TPSA) is 42.0 Å². The molecule has 0 bridgehead atoms. The van der Waals surface area contributed by atoms with Gasteiger partial charge >= 0.3 is 0 Å². The van der Waals surface area contributed by atoms with Crippen LogP contribution < -0.4 is 5.32 Å². The summed E-state index contributed by atoms with van der Waals surface area (Å²) in [6, 6.07) is 26.3. The van der Waals surface area contributed by atoms with E-state index in [1.165, 1.54) is 5.56 Å². The van der Waals surface area contributed by atoms with Crippen LogP contribution in [0.3, 0.4) is 0 Å². The fourth-order valence-corrected chi connectivity index (χ4v) is 4.28. The van der Waals surface area contributed by atoms with Gasteiger partial charge in [0.2, 0.25) is 5.91 Å². The van der Waals surface area contributed by atoms with Crippen molar-refractivity contribution in [2.45, 2.75) is 20.3 Å². The summed E-state index contributed by atoms with van der Waals surface area (Å²) in [5.41, 5.74) is 6.10. The van der Waals surface area contributed by atoms with Crippen molar-refractivity contribution in [3.05, 3.63) is 95.7 Å². The number of hydrogen-bond acceptors (Lipinski definition) is 3. The van der Waals surface area contributed by atoms with Crippen LogP contribution >= 0.6 is 11.3 Å². The number of rotatable bonds is 5. The van der Waals surface area contributed by atoms with E-state index in [1.54, 1.807) is 11.3 Å². The molecule has 0 aliphatic carbocycles. The molecule has 0 radical (unpaired) electrons. The maximum absolute atomic E-state index is 12.7. The number of carbonyl (C=O) groups excluding carboxylic acids is 1. The molecule has 1 N–H and O–H groups in total. The smallest absolute Gasteiger partial charge is 0.230 e. The Kier molecular flexibility index (Phi) is 5.54. The Morgan fingerprint density at radius 1 is 0.862 bits per heavy atom. The summed E-state index contributed by atoms with van der Waals surface area (Å²) in [4.78, 5) is 18.6. The summed E-state index contributed by atoms with van der Waals surface area (Å²) in [6.45, 7) is 4.08. The molecule has 0 atom stereocenters. The van der Waals surface area contributed by atoms with Crippen LogP contribution in [0.4, 0.5) is 5.69 Å². The maximum Gasteiger partial charge on any atom is 0.230 e. The highest BCUT2D eigenvalue weighted by molar-refractivity contribution is 7.18. The Balaban J connectivity index is 1.66. The predicted octanol–water partition coefficient (Wildman–Crippen LogP) is 6.28. The summed E-state index contributed by atoms with van der Waals surface area (Å²) >= 11 is 1.63. The molecule has 29 heavy (non-hydrogen) atoms. The zero-order chi connectivity index (χ0) is 20.2. The molecule has 1 aromatic heterocycles. The summed E-state index contributed by atoms with van der Waals surface area (Å²) in [7, 11) is 0. The van der Waals surface area contributed by atoms with E-state index in [9.17, 15) is 4.79 Å². The highest BCUT2D eigenvalue weighted by Crippen LogP contribution is 2.36. The monoisotopic (exact) mass is 398 g/mol. The minimum Gasteiger partial charge on any atom is -0.326 e. The number of carbonyl (C=O) groups is 1. The van der Waals surface area contributed by atoms with E-state index in [0.29, 0.717) is 0 Å². The van der Waals surface area contributed by atoms with Gasteiger partial charge in [-0.25, -0.2) is 4.98 Å². The van der Waals surface area contributed by atoms with E-state index in [4.69, 9.17) is 4.98 Å². The fraction of sp³-hybridized carbons (Fsp3) is 0.120. The standard InChI is InChI=1S/C25H22N2OS/c1-17-11-13-19(14-12-17)24-22(27-25(29-24)20-8-4-3-5-9-20)16-23(28)26-21-10-6-7-18(2)15-21/h3-15H,16H2,1-2H3,(H,26,28). The molecule has 144 valence electrons. The molecule has 3 aromatic carbocycles. The third-order valence-electron chi connectivity index (χ3n) is 4.66. The summed E-state index contributed by atoms with van der Waals surface area (Å²) in [6.07, 6.45) is 0.237. The molecule has 1 heterocycles. The first-order chi connectivity index (χ1) is 14.1. The van der Waals surface area contributed by atoms with Crippen LogP contribution in [-0.2, 0) is 11.2 Å². The third-order valence-corrected chi connectivity index (χ3v) is 5.86. The first kappa shape index (κ1) is 19.1. The lowest BCUT2D eigenvalue weighted by molar-refractivity contribution is -0.115. The Hall–Kier alpha value is -3.24. The third kappa shape index (κ3) is 4.61. The zero-order valence-electron chi connectivity index (χ0n) is 16.5. The van der Waals surface area contributed by atoms with E-state index in [0.717, 1.165) is 38.0 Å². The zero-order valence-corrected chi connectivity index (χ0v) is 17.3. The number of benzene rings is 3. The van der Waals surface area contributed by atoms with Gasteiger partial charge in [-0.1, -0.05) is 72.3 Å². The lowest BCUT2D eigenvalue weighted by Gasteiger charge is -2.06. The van der Waals surface area contributed by atoms with Gasteiger partial charge < -0.3 is 5.32 Å². The van der Waals surface area contributed by atoms with Gasteiger partial charge in [0.05, 0.1) is 17.0 Å². The number of aromatic nitrogens is 1. The molecular weight excluding hydrogens is 376 g/mol. The minimum absolute atomic E-state index is 0.0612. The summed E-state index contributed by atoms with van der Waals surface area (Å²) < 4.78 is 0. The first-order valence-electron chi connectivity index (χ1n) is 9.57. The molecule has 0 unspecified atom stereocenters. The second-order valence-corrected chi connectivity index (χ2v) is 8.12. The molecule has 0 spiro atoms. The SMILES string of the molecule is Cc1ccc(-c2sc(-c3ccccc3)nc2CC(=O)Nc2cccc(C)c2)cc1. The Bertz CT molecular complexity index is 1130. The van der Waals surface area contributed by atoms with Crippen LogP contribution in [0, 0.1) is 13.8 Å². The number of amides is 1. The molecule has 0 fully saturated rings. The predicted molar refractivity (Wildman–Crippen MR) is 121 cm³/mol. The van der Waals surface area contributed by atoms with Gasteiger partial charge in [0.15, 0.2) is 0 Å². The van der Waals surface area contributed by atoms with Gasteiger partial charge in [-0.2, -0.15) is 0 Å². The van der Waals surface area contributed by atoms with Gasteiger partial charge in [-0.15, -0.1) is 11.3 Å². The second-order valence-electron chi connectivity index (χ2n) is 7.12. The number of anilines is 1. The van der Waals surface area contributed by atoms with E-state index < -0.39 is 0 Å². The molecule has 4 heteroatoms. The van der Waals surface area contributed by atoms with Crippen molar-refractivity contribution < 1.29 is 4.79 Å². The number of nitrogens with one attached hydrogen (secondary N) is 1. The molecule has 3 nitrogen and oxygen atoms in total. The Morgan fingerprint density at radius 2 is 1.62 bits per heavy atom. The highest BCUT2D eigenvalue weighted by Gasteiger charge is 2.17. The minimum atomic E-state index is -0.0612. The fourth-order valence-electron chi connectivity index (χ4n) is 3.19. The van der Waals surface area contributed by atoms with Gasteiger partial charge in [-0.05, 0) is 37.1 Å². The number of nitrogens with zero attached hydrogens (tertiary/aromatic N) is 1. The van der Waals surface area contributed by atoms with E-state index in [1.807, 2.05) is 61.5 Å². The van der Waals surface area contributed by atoms with Crippen molar-refractivity contribution in [1.82, 2.24) is 4.98 Å². The normalized spacial score (nSPS) is 10.7. The van der Waals surface area contributed by atoms with Crippen LogP contribution in [0.2, 0.25) is 0 Å². The molecular formula is C25H22N2OS. The van der Waals surface area contributed by atoms with E-state index in [-0.39, 0.29) is 12.3 Å². The van der Waals surface area contributed by atoms with Gasteiger partial charge in [-0.3, -0.25) is 4.79 Å². The van der Waals surface area contributed by atoms with Crippen LogP contribution in [0.15, 0.2) is 78.9 Å². The van der Waals surface area contributed by atoms with E-state index >= 15 is 0 Å². The lowest BCUT2D eigenvalue weighted by Crippen LogP contribution is -2.15. The molecule has 0 saturated carbocycles. The summed E-state index contributed by atoms with van der Waals surface area (Å²) in [5.74, 6) is -0.0612. The van der Waals surface area contributed by atoms with Crippen molar-refractivity contribution in [3.8, 4) is 21.0 Å². The van der Waals surface area contributed by atoms with Gasteiger partial charge in [0.25, 0.3) is 0 Å². The van der Waals surface area contributed by atoms with Crippen LogP contribution in [0.5, 0.6) is 0 Å². The summed E-state index contributed by atoms with van der Waals surface area (Å²) in [5, 5.41) is 3.92. The van der Waals surface area contributed by atoms with Crippen LogP contribution in [-0.4, -0.2) is 10.9 Å². The Morgan fingerprint density at radius 3 is 2.34 bits per heavy atom. The maximum atomic E-state index is 12.7. The molecule has 4 rings (SSSR count). The molecule has 0 aliphatic heterocycles. The van der Waals surface area contributed by atoms with Crippen LogP contribution in [0.1, 0.15) is 16.8 Å². The number of thiazole rings is 1.